The van der Waals surface area contributed by atoms with E-state index in [2.05, 4.69) is 15.9 Å². The lowest BCUT2D eigenvalue weighted by atomic mass is 10.1. The molecule has 0 fully saturated rings. The molecule has 0 bridgehead atoms. The Morgan fingerprint density at radius 2 is 1.94 bits per heavy atom. The molecule has 96 valence electrons. The van der Waals surface area contributed by atoms with Gasteiger partial charge in [0.1, 0.15) is 5.75 Å². The van der Waals surface area contributed by atoms with E-state index in [1.54, 1.807) is 30.6 Å². The zero-order valence-electron chi connectivity index (χ0n) is 9.22. The van der Waals surface area contributed by atoms with Crippen LogP contribution in [0.5, 0.6) is 5.75 Å². The second-order valence-electron chi connectivity index (χ2n) is 3.51. The highest BCUT2D eigenvalue weighted by atomic mass is 79.9. The number of benzene rings is 1. The maximum atomic E-state index is 6.42. The lowest BCUT2D eigenvalue weighted by molar-refractivity contribution is 0.415. The normalized spacial score (nSPS) is 12.5. The Balaban J connectivity index is 2.42. The fourth-order valence-corrected chi connectivity index (χ4v) is 3.89. The molecule has 2 rings (SSSR count). The summed E-state index contributed by atoms with van der Waals surface area (Å²) in [5.74, 6) is 0.543. The molecule has 0 aliphatic heterocycles. The minimum atomic E-state index is -0.322. The van der Waals surface area contributed by atoms with Crippen LogP contribution < -0.4 is 4.74 Å². The second-order valence-corrected chi connectivity index (χ2v) is 7.26. The minimum Gasteiger partial charge on any atom is -0.495 e. The SMILES string of the molecule is COc1cc(Cl)c(C(Cl)c2ccc(Br)s2)cc1Cl. The van der Waals surface area contributed by atoms with E-state index in [4.69, 9.17) is 39.5 Å². The number of methoxy groups -OCH3 is 1. The molecule has 0 spiro atoms. The van der Waals surface area contributed by atoms with Crippen molar-refractivity contribution >= 4 is 62.1 Å². The van der Waals surface area contributed by atoms with Gasteiger partial charge in [-0.1, -0.05) is 23.2 Å². The van der Waals surface area contributed by atoms with Crippen LogP contribution >= 0.6 is 62.1 Å². The van der Waals surface area contributed by atoms with Gasteiger partial charge in [0.2, 0.25) is 0 Å². The summed E-state index contributed by atoms with van der Waals surface area (Å²) in [6, 6.07) is 7.33. The molecule has 1 aromatic carbocycles. The molecule has 2 aromatic rings. The first-order valence-corrected chi connectivity index (χ1v) is 7.75. The van der Waals surface area contributed by atoms with Crippen LogP contribution in [-0.4, -0.2) is 7.11 Å². The molecule has 0 saturated carbocycles. The summed E-state index contributed by atoms with van der Waals surface area (Å²) in [7, 11) is 1.55. The standard InChI is InChI=1S/C12H8BrCl3OS/c1-17-9-5-7(14)6(4-8(9)15)12(16)10-2-3-11(13)18-10/h2-5,12H,1H3. The fraction of sp³-hybridized carbons (Fsp3) is 0.167. The Kier molecular flexibility index (Phi) is 4.84. The zero-order valence-corrected chi connectivity index (χ0v) is 13.9. The van der Waals surface area contributed by atoms with E-state index in [0.29, 0.717) is 15.8 Å². The van der Waals surface area contributed by atoms with E-state index >= 15 is 0 Å². The van der Waals surface area contributed by atoms with Crippen molar-refractivity contribution in [3.8, 4) is 5.75 Å². The molecule has 1 nitrogen and oxygen atoms in total. The van der Waals surface area contributed by atoms with Crippen molar-refractivity contribution in [2.45, 2.75) is 5.38 Å². The first-order valence-electron chi connectivity index (χ1n) is 4.95. The molecule has 1 atom stereocenters. The van der Waals surface area contributed by atoms with Gasteiger partial charge in [0.05, 0.1) is 21.3 Å². The van der Waals surface area contributed by atoms with Crippen LogP contribution in [0.25, 0.3) is 0 Å². The predicted octanol–water partition coefficient (Wildman–Crippen LogP) is 6.15. The average Bonchev–Trinajstić information content (AvgIpc) is 2.77. The average molecular weight is 387 g/mol. The maximum absolute atomic E-state index is 6.42. The van der Waals surface area contributed by atoms with Gasteiger partial charge in [-0.15, -0.1) is 22.9 Å². The summed E-state index contributed by atoms with van der Waals surface area (Å²) in [5, 5.41) is 0.719. The highest BCUT2D eigenvalue weighted by Crippen LogP contribution is 2.41. The quantitative estimate of drug-likeness (QED) is 0.575. The molecule has 1 aromatic heterocycles. The van der Waals surface area contributed by atoms with Crippen LogP contribution in [0.15, 0.2) is 28.1 Å². The Morgan fingerprint density at radius 1 is 1.22 bits per heavy atom. The van der Waals surface area contributed by atoms with Crippen molar-refractivity contribution in [1.29, 1.82) is 0 Å². The largest absolute Gasteiger partial charge is 0.495 e. The third-order valence-corrected chi connectivity index (χ3v) is 5.30. The van der Waals surface area contributed by atoms with Gasteiger partial charge in [0.25, 0.3) is 0 Å². The van der Waals surface area contributed by atoms with E-state index in [1.807, 2.05) is 12.1 Å². The topological polar surface area (TPSA) is 9.23 Å². The van der Waals surface area contributed by atoms with E-state index < -0.39 is 0 Å². The molecule has 1 heterocycles. The van der Waals surface area contributed by atoms with Gasteiger partial charge in [0.15, 0.2) is 0 Å². The molecular formula is C12H8BrCl3OS. The van der Waals surface area contributed by atoms with Crippen molar-refractivity contribution in [3.05, 3.63) is 48.5 Å². The van der Waals surface area contributed by atoms with Crippen LogP contribution in [0, 0.1) is 0 Å². The molecule has 6 heteroatoms. The molecule has 0 amide bonds. The van der Waals surface area contributed by atoms with Gasteiger partial charge in [-0.05, 0) is 39.7 Å². The minimum absolute atomic E-state index is 0.322. The first kappa shape index (κ1) is 14.5. The summed E-state index contributed by atoms with van der Waals surface area (Å²) < 4.78 is 6.13. The highest BCUT2D eigenvalue weighted by molar-refractivity contribution is 9.11. The summed E-state index contributed by atoms with van der Waals surface area (Å²) >= 11 is 23.7. The molecule has 18 heavy (non-hydrogen) atoms. The Morgan fingerprint density at radius 3 is 2.50 bits per heavy atom. The zero-order chi connectivity index (χ0) is 13.3. The Hall–Kier alpha value is 0.0700. The summed E-state index contributed by atoms with van der Waals surface area (Å²) in [6.07, 6.45) is 0. The second kappa shape index (κ2) is 6.02. The lowest BCUT2D eigenvalue weighted by Gasteiger charge is -2.12. The summed E-state index contributed by atoms with van der Waals surface area (Å²) in [5.41, 5.74) is 0.776. The molecule has 0 aliphatic rings. The van der Waals surface area contributed by atoms with Crippen molar-refractivity contribution in [1.82, 2.24) is 0 Å². The third-order valence-electron chi connectivity index (χ3n) is 2.39. The smallest absolute Gasteiger partial charge is 0.138 e. The number of hydrogen-bond acceptors (Lipinski definition) is 2. The Labute approximate surface area is 133 Å². The summed E-state index contributed by atoms with van der Waals surface area (Å²) in [4.78, 5) is 1.01. The van der Waals surface area contributed by atoms with Crippen LogP contribution in [0.2, 0.25) is 10.0 Å². The van der Waals surface area contributed by atoms with E-state index in [9.17, 15) is 0 Å². The van der Waals surface area contributed by atoms with Crippen LogP contribution in [0.4, 0.5) is 0 Å². The molecule has 0 N–H and O–H groups in total. The number of rotatable bonds is 3. The highest BCUT2D eigenvalue weighted by Gasteiger charge is 2.18. The van der Waals surface area contributed by atoms with E-state index in [0.717, 1.165) is 14.2 Å². The third kappa shape index (κ3) is 2.97. The van der Waals surface area contributed by atoms with Crippen LogP contribution in [0.1, 0.15) is 15.8 Å². The van der Waals surface area contributed by atoms with Gasteiger partial charge in [0, 0.05) is 16.0 Å². The van der Waals surface area contributed by atoms with Crippen molar-refractivity contribution in [2.75, 3.05) is 7.11 Å². The van der Waals surface area contributed by atoms with Crippen molar-refractivity contribution in [2.24, 2.45) is 0 Å². The molecule has 0 aliphatic carbocycles. The van der Waals surface area contributed by atoms with E-state index in [-0.39, 0.29) is 5.38 Å². The molecule has 0 radical (unpaired) electrons. The Bertz CT molecular complexity index is 570. The monoisotopic (exact) mass is 384 g/mol. The fourth-order valence-electron chi connectivity index (χ4n) is 1.51. The van der Waals surface area contributed by atoms with Crippen LogP contribution in [0.3, 0.4) is 0 Å². The van der Waals surface area contributed by atoms with Crippen molar-refractivity contribution < 1.29 is 4.74 Å². The summed E-state index contributed by atoms with van der Waals surface area (Å²) in [6.45, 7) is 0. The predicted molar refractivity (Wildman–Crippen MR) is 82.7 cm³/mol. The van der Waals surface area contributed by atoms with Gasteiger partial charge in [-0.25, -0.2) is 0 Å². The van der Waals surface area contributed by atoms with E-state index in [1.165, 1.54) is 0 Å². The number of alkyl halides is 1. The van der Waals surface area contributed by atoms with Gasteiger partial charge in [-0.2, -0.15) is 0 Å². The number of ether oxygens (including phenoxy) is 1. The number of thiophene rings is 1. The number of halogens is 4. The lowest BCUT2D eigenvalue weighted by Crippen LogP contribution is -1.94. The molecule has 1 unspecified atom stereocenters. The maximum Gasteiger partial charge on any atom is 0.138 e. The van der Waals surface area contributed by atoms with Crippen molar-refractivity contribution in [3.63, 3.8) is 0 Å². The molecular weight excluding hydrogens is 378 g/mol. The number of hydrogen-bond donors (Lipinski definition) is 0. The first-order chi connectivity index (χ1) is 8.52. The van der Waals surface area contributed by atoms with Crippen LogP contribution in [-0.2, 0) is 0 Å². The van der Waals surface area contributed by atoms with Gasteiger partial charge in [-0.3, -0.25) is 0 Å². The van der Waals surface area contributed by atoms with Gasteiger partial charge < -0.3 is 4.74 Å². The van der Waals surface area contributed by atoms with Gasteiger partial charge >= 0.3 is 0 Å². The molecule has 0 saturated heterocycles.